The van der Waals surface area contributed by atoms with E-state index >= 15 is 0 Å². The van der Waals surface area contributed by atoms with Gasteiger partial charge in [-0.2, -0.15) is 0 Å². The lowest BCUT2D eigenvalue weighted by Gasteiger charge is -2.18. The fraction of sp³-hybridized carbons (Fsp3) is 0.333. The van der Waals surface area contributed by atoms with Crippen LogP contribution < -0.4 is 5.32 Å². The summed E-state index contributed by atoms with van der Waals surface area (Å²) in [4.78, 5) is 24.2. The second kappa shape index (κ2) is 9.54. The fourth-order valence-corrected chi connectivity index (χ4v) is 4.01. The predicted molar refractivity (Wildman–Crippen MR) is 122 cm³/mol. The molecule has 7 heteroatoms. The first-order valence-corrected chi connectivity index (χ1v) is 10.7. The molecule has 3 rings (SSSR count). The van der Waals surface area contributed by atoms with Crippen molar-refractivity contribution in [3.63, 3.8) is 0 Å². The first-order valence-electron chi connectivity index (χ1n) is 10.3. The minimum atomic E-state index is -0.906. The Morgan fingerprint density at radius 2 is 1.77 bits per heavy atom. The lowest BCUT2D eigenvalue weighted by Crippen LogP contribution is -2.32. The van der Waals surface area contributed by atoms with Crippen molar-refractivity contribution in [2.24, 2.45) is 7.05 Å². The smallest absolute Gasteiger partial charge is 0.310 e. The first-order chi connectivity index (χ1) is 14.8. The number of carboxylic acid groups (broad SMARTS) is 1. The second-order valence-electron chi connectivity index (χ2n) is 7.78. The Hall–Kier alpha value is -2.83. The Balaban J connectivity index is 1.85. The number of hydrogen-bond acceptors (Lipinski definition) is 3. The van der Waals surface area contributed by atoms with Crippen LogP contribution >= 0.6 is 11.6 Å². The topological polar surface area (TPSA) is 91.6 Å². The van der Waals surface area contributed by atoms with Crippen LogP contribution in [0.5, 0.6) is 0 Å². The molecule has 0 fully saturated rings. The van der Waals surface area contributed by atoms with Gasteiger partial charge < -0.3 is 20.1 Å². The number of aromatic nitrogens is 1. The maximum Gasteiger partial charge on any atom is 0.310 e. The van der Waals surface area contributed by atoms with Crippen LogP contribution in [0.15, 0.2) is 42.5 Å². The van der Waals surface area contributed by atoms with Crippen LogP contribution in [0.3, 0.4) is 0 Å². The number of hydrogen-bond donors (Lipinski definition) is 3. The van der Waals surface area contributed by atoms with Gasteiger partial charge in [-0.3, -0.25) is 9.59 Å². The lowest BCUT2D eigenvalue weighted by molar-refractivity contribution is -0.138. The predicted octanol–water partition coefficient (Wildman–Crippen LogP) is 4.44. The molecular formula is C24H27ClN2O4. The Labute approximate surface area is 186 Å². The summed E-state index contributed by atoms with van der Waals surface area (Å²) in [6.07, 6.45) is 1.91. The van der Waals surface area contributed by atoms with Crippen LogP contribution in [-0.4, -0.2) is 33.3 Å². The SMILES string of the molecule is CCCc1cc(Cl)c2cc(C(=O)N[C@H](CO)c3ccc(C(C)C(=O)O)cc3)n(C)c2c1. The molecule has 0 bridgehead atoms. The number of nitrogens with zero attached hydrogens (tertiary/aromatic N) is 1. The van der Waals surface area contributed by atoms with E-state index in [1.807, 2.05) is 23.7 Å². The van der Waals surface area contributed by atoms with Gasteiger partial charge in [0.05, 0.1) is 29.1 Å². The molecule has 6 nitrogen and oxygen atoms in total. The van der Waals surface area contributed by atoms with E-state index in [4.69, 9.17) is 16.7 Å². The summed E-state index contributed by atoms with van der Waals surface area (Å²) >= 11 is 6.45. The Kier molecular flexibility index (Phi) is 7.03. The summed E-state index contributed by atoms with van der Waals surface area (Å²) in [5.74, 6) is -1.86. The number of fused-ring (bicyclic) bond motifs is 1. The minimum Gasteiger partial charge on any atom is -0.481 e. The van der Waals surface area contributed by atoms with Crippen molar-refractivity contribution in [2.75, 3.05) is 6.61 Å². The average Bonchev–Trinajstić information content (AvgIpc) is 3.09. The molecule has 0 spiro atoms. The highest BCUT2D eigenvalue weighted by molar-refractivity contribution is 6.35. The van der Waals surface area contributed by atoms with E-state index in [9.17, 15) is 14.7 Å². The van der Waals surface area contributed by atoms with Crippen molar-refractivity contribution in [2.45, 2.75) is 38.6 Å². The monoisotopic (exact) mass is 442 g/mol. The summed E-state index contributed by atoms with van der Waals surface area (Å²) in [5, 5.41) is 23.3. The number of halogens is 1. The summed E-state index contributed by atoms with van der Waals surface area (Å²) in [5.41, 5.74) is 3.80. The standard InChI is InChI=1S/C24H27ClN2O4/c1-4-5-15-10-19(25)18-12-22(27(3)21(18)11-15)23(29)26-20(13-28)17-8-6-16(7-9-17)14(2)24(30)31/h6-12,14,20,28H,4-5,13H2,1-3H3,(H,26,29)(H,30,31)/t14?,20-/m1/s1. The number of rotatable bonds is 8. The molecule has 1 aromatic heterocycles. The summed E-state index contributed by atoms with van der Waals surface area (Å²) < 4.78 is 1.81. The average molecular weight is 443 g/mol. The third kappa shape index (κ3) is 4.75. The van der Waals surface area contributed by atoms with Crippen LogP contribution in [0, 0.1) is 0 Å². The molecule has 31 heavy (non-hydrogen) atoms. The third-order valence-electron chi connectivity index (χ3n) is 5.64. The van der Waals surface area contributed by atoms with E-state index in [-0.39, 0.29) is 12.5 Å². The highest BCUT2D eigenvalue weighted by Gasteiger charge is 2.21. The van der Waals surface area contributed by atoms with Crippen LogP contribution in [-0.2, 0) is 18.3 Å². The van der Waals surface area contributed by atoms with Crippen LogP contribution in [0.25, 0.3) is 10.9 Å². The number of amides is 1. The van der Waals surface area contributed by atoms with Gasteiger partial charge in [-0.05, 0) is 48.2 Å². The van der Waals surface area contributed by atoms with Gasteiger partial charge >= 0.3 is 5.97 Å². The molecule has 164 valence electrons. The maximum absolute atomic E-state index is 13.0. The van der Waals surface area contributed by atoms with Gasteiger partial charge in [-0.25, -0.2) is 0 Å². The van der Waals surface area contributed by atoms with Gasteiger partial charge in [-0.15, -0.1) is 0 Å². The Bertz CT molecular complexity index is 1100. The number of carbonyl (C=O) groups excluding carboxylic acids is 1. The summed E-state index contributed by atoms with van der Waals surface area (Å²) in [6, 6.07) is 12.0. The number of aliphatic hydroxyl groups is 1. The van der Waals surface area contributed by atoms with Crippen LogP contribution in [0.4, 0.5) is 0 Å². The summed E-state index contributed by atoms with van der Waals surface area (Å²) in [7, 11) is 1.82. The lowest BCUT2D eigenvalue weighted by atomic mass is 9.98. The number of aliphatic carboxylic acids is 1. The molecule has 3 aromatic rings. The van der Waals surface area contributed by atoms with E-state index in [1.165, 1.54) is 0 Å². The van der Waals surface area contributed by atoms with Crippen molar-refractivity contribution < 1.29 is 19.8 Å². The normalized spacial score (nSPS) is 13.2. The maximum atomic E-state index is 13.0. The molecule has 0 aliphatic rings. The number of aliphatic hydroxyl groups excluding tert-OH is 1. The van der Waals surface area contributed by atoms with Gasteiger partial charge in [-0.1, -0.05) is 49.2 Å². The molecule has 2 atom stereocenters. The van der Waals surface area contributed by atoms with Crippen molar-refractivity contribution in [1.82, 2.24) is 9.88 Å². The third-order valence-corrected chi connectivity index (χ3v) is 5.95. The van der Waals surface area contributed by atoms with E-state index in [2.05, 4.69) is 12.2 Å². The quantitative estimate of drug-likeness (QED) is 0.481. The molecule has 2 aromatic carbocycles. The number of benzene rings is 2. The molecule has 0 saturated heterocycles. The molecule has 1 unspecified atom stereocenters. The van der Waals surface area contributed by atoms with Crippen molar-refractivity contribution in [3.8, 4) is 0 Å². The Morgan fingerprint density at radius 3 is 2.35 bits per heavy atom. The molecule has 1 heterocycles. The zero-order valence-electron chi connectivity index (χ0n) is 17.9. The first kappa shape index (κ1) is 22.8. The molecular weight excluding hydrogens is 416 g/mol. The van der Waals surface area contributed by atoms with Crippen molar-refractivity contribution in [1.29, 1.82) is 0 Å². The summed E-state index contributed by atoms with van der Waals surface area (Å²) in [6.45, 7) is 3.43. The number of carboxylic acids is 1. The number of nitrogens with one attached hydrogen (secondary N) is 1. The van der Waals surface area contributed by atoms with Gasteiger partial charge in [0.25, 0.3) is 5.91 Å². The zero-order valence-corrected chi connectivity index (χ0v) is 18.6. The minimum absolute atomic E-state index is 0.287. The zero-order chi connectivity index (χ0) is 22.7. The number of aryl methyl sites for hydroxylation is 2. The van der Waals surface area contributed by atoms with E-state index in [1.54, 1.807) is 37.3 Å². The Morgan fingerprint density at radius 1 is 1.13 bits per heavy atom. The molecule has 1 amide bonds. The largest absolute Gasteiger partial charge is 0.481 e. The van der Waals surface area contributed by atoms with Gasteiger partial charge in [0, 0.05) is 12.4 Å². The molecule has 3 N–H and O–H groups in total. The van der Waals surface area contributed by atoms with E-state index < -0.39 is 17.9 Å². The highest BCUT2D eigenvalue weighted by atomic mass is 35.5. The van der Waals surface area contributed by atoms with Crippen LogP contribution in [0.1, 0.15) is 59.4 Å². The molecule has 0 saturated carbocycles. The van der Waals surface area contributed by atoms with Crippen molar-refractivity contribution >= 4 is 34.4 Å². The number of carbonyl (C=O) groups is 2. The van der Waals surface area contributed by atoms with Crippen molar-refractivity contribution in [3.05, 3.63) is 69.9 Å². The second-order valence-corrected chi connectivity index (χ2v) is 8.19. The van der Waals surface area contributed by atoms with Gasteiger partial charge in [0.1, 0.15) is 5.69 Å². The van der Waals surface area contributed by atoms with Crippen LogP contribution in [0.2, 0.25) is 5.02 Å². The molecule has 0 radical (unpaired) electrons. The molecule has 0 aliphatic heterocycles. The molecule has 0 aliphatic carbocycles. The fourth-order valence-electron chi connectivity index (χ4n) is 3.72. The van der Waals surface area contributed by atoms with Gasteiger partial charge in [0.2, 0.25) is 0 Å². The van der Waals surface area contributed by atoms with Gasteiger partial charge in [0.15, 0.2) is 0 Å². The van der Waals surface area contributed by atoms with E-state index in [0.29, 0.717) is 21.8 Å². The highest BCUT2D eigenvalue weighted by Crippen LogP contribution is 2.29. The van der Waals surface area contributed by atoms with E-state index in [0.717, 1.165) is 29.3 Å².